The van der Waals surface area contributed by atoms with Crippen molar-refractivity contribution in [1.82, 2.24) is 9.88 Å². The van der Waals surface area contributed by atoms with E-state index >= 15 is 0 Å². The predicted octanol–water partition coefficient (Wildman–Crippen LogP) is 2.37. The third-order valence-corrected chi connectivity index (χ3v) is 5.84. The van der Waals surface area contributed by atoms with Crippen molar-refractivity contribution in [2.45, 2.75) is 32.4 Å². The summed E-state index contributed by atoms with van der Waals surface area (Å²) in [6.07, 6.45) is 3.08. The number of nitrogens with zero attached hydrogens (tertiary/aromatic N) is 2. The SMILES string of the molecule is CN(Cc1ccccn1)C1(CN)CSCCC1(C)C. The van der Waals surface area contributed by atoms with Crippen LogP contribution in [0.5, 0.6) is 0 Å². The molecule has 0 bridgehead atoms. The molecule has 1 atom stereocenters. The van der Waals surface area contributed by atoms with Gasteiger partial charge < -0.3 is 5.73 Å². The largest absolute Gasteiger partial charge is 0.329 e. The minimum absolute atomic E-state index is 0.0629. The molecular formula is C15H25N3S. The van der Waals surface area contributed by atoms with Gasteiger partial charge in [0, 0.05) is 30.6 Å². The lowest BCUT2D eigenvalue weighted by molar-refractivity contribution is 0.0140. The van der Waals surface area contributed by atoms with E-state index in [-0.39, 0.29) is 11.0 Å². The molecule has 0 spiro atoms. The Balaban J connectivity index is 2.20. The van der Waals surface area contributed by atoms with Crippen molar-refractivity contribution in [1.29, 1.82) is 0 Å². The first-order valence-electron chi connectivity index (χ1n) is 6.91. The Hall–Kier alpha value is -0.580. The number of hydrogen-bond acceptors (Lipinski definition) is 4. The topological polar surface area (TPSA) is 42.2 Å². The maximum Gasteiger partial charge on any atom is 0.0544 e. The molecule has 2 rings (SSSR count). The van der Waals surface area contributed by atoms with E-state index in [2.05, 4.69) is 36.8 Å². The van der Waals surface area contributed by atoms with Crippen LogP contribution in [0.1, 0.15) is 26.0 Å². The Morgan fingerprint density at radius 3 is 2.79 bits per heavy atom. The molecule has 3 nitrogen and oxygen atoms in total. The number of thioether (sulfide) groups is 1. The molecule has 0 saturated carbocycles. The van der Waals surface area contributed by atoms with Gasteiger partial charge in [0.1, 0.15) is 0 Å². The highest BCUT2D eigenvalue weighted by Gasteiger charge is 2.48. The second kappa shape index (κ2) is 5.81. The lowest BCUT2D eigenvalue weighted by atomic mass is 9.70. The van der Waals surface area contributed by atoms with Gasteiger partial charge in [-0.15, -0.1) is 0 Å². The first kappa shape index (κ1) is 14.8. The Morgan fingerprint density at radius 1 is 1.42 bits per heavy atom. The van der Waals surface area contributed by atoms with Crippen molar-refractivity contribution >= 4 is 11.8 Å². The molecule has 1 aromatic heterocycles. The fourth-order valence-corrected chi connectivity index (χ4v) is 4.87. The second-order valence-electron chi connectivity index (χ2n) is 6.10. The van der Waals surface area contributed by atoms with Crippen LogP contribution >= 0.6 is 11.8 Å². The van der Waals surface area contributed by atoms with Crippen molar-refractivity contribution in [3.05, 3.63) is 30.1 Å². The molecule has 2 heterocycles. The molecule has 1 saturated heterocycles. The highest BCUT2D eigenvalue weighted by atomic mass is 32.2. The van der Waals surface area contributed by atoms with Crippen LogP contribution in [0.15, 0.2) is 24.4 Å². The van der Waals surface area contributed by atoms with Crippen molar-refractivity contribution in [3.8, 4) is 0 Å². The van der Waals surface area contributed by atoms with Gasteiger partial charge in [0.15, 0.2) is 0 Å². The molecule has 19 heavy (non-hydrogen) atoms. The van der Waals surface area contributed by atoms with Gasteiger partial charge in [-0.05, 0) is 36.8 Å². The Morgan fingerprint density at radius 2 is 2.21 bits per heavy atom. The number of aromatic nitrogens is 1. The van der Waals surface area contributed by atoms with Gasteiger partial charge in [0.25, 0.3) is 0 Å². The molecule has 1 aliphatic rings. The summed E-state index contributed by atoms with van der Waals surface area (Å²) < 4.78 is 0. The fraction of sp³-hybridized carbons (Fsp3) is 0.667. The van der Waals surface area contributed by atoms with Crippen molar-refractivity contribution in [3.63, 3.8) is 0 Å². The number of hydrogen-bond donors (Lipinski definition) is 1. The van der Waals surface area contributed by atoms with Crippen molar-refractivity contribution < 1.29 is 0 Å². The first-order valence-corrected chi connectivity index (χ1v) is 8.06. The molecule has 1 aromatic rings. The fourth-order valence-electron chi connectivity index (χ4n) is 3.00. The van der Waals surface area contributed by atoms with Crippen LogP contribution in [0.3, 0.4) is 0 Å². The zero-order valence-electron chi connectivity index (χ0n) is 12.2. The van der Waals surface area contributed by atoms with Crippen LogP contribution in [0.2, 0.25) is 0 Å². The molecule has 4 heteroatoms. The standard InChI is InChI=1S/C15H25N3S/c1-14(2)7-9-19-12-15(14,11-16)18(3)10-13-6-4-5-8-17-13/h4-6,8H,7,9-12,16H2,1-3H3. The average Bonchev–Trinajstić information content (AvgIpc) is 2.39. The summed E-state index contributed by atoms with van der Waals surface area (Å²) >= 11 is 2.03. The molecule has 0 aliphatic carbocycles. The van der Waals surface area contributed by atoms with Gasteiger partial charge in [-0.2, -0.15) is 11.8 Å². The van der Waals surface area contributed by atoms with E-state index in [0.717, 1.165) is 18.0 Å². The Labute approximate surface area is 121 Å². The van der Waals surface area contributed by atoms with Gasteiger partial charge in [-0.25, -0.2) is 0 Å². The van der Waals surface area contributed by atoms with Gasteiger partial charge in [-0.3, -0.25) is 9.88 Å². The minimum atomic E-state index is 0.0629. The van der Waals surface area contributed by atoms with Crippen LogP contribution in [0.25, 0.3) is 0 Å². The number of pyridine rings is 1. The van der Waals surface area contributed by atoms with Gasteiger partial charge in [-0.1, -0.05) is 19.9 Å². The van der Waals surface area contributed by atoms with E-state index in [1.807, 2.05) is 30.1 Å². The van der Waals surface area contributed by atoms with Gasteiger partial charge >= 0.3 is 0 Å². The minimum Gasteiger partial charge on any atom is -0.329 e. The summed E-state index contributed by atoms with van der Waals surface area (Å²) in [6.45, 7) is 6.28. The molecular weight excluding hydrogens is 254 g/mol. The van der Waals surface area contributed by atoms with E-state index < -0.39 is 0 Å². The maximum atomic E-state index is 6.19. The second-order valence-corrected chi connectivity index (χ2v) is 7.20. The summed E-state index contributed by atoms with van der Waals surface area (Å²) in [5.41, 5.74) is 7.62. The zero-order chi connectivity index (χ0) is 13.9. The first-order chi connectivity index (χ1) is 9.02. The Kier molecular flexibility index (Phi) is 4.54. The molecule has 2 N–H and O–H groups in total. The van der Waals surface area contributed by atoms with E-state index in [4.69, 9.17) is 5.73 Å². The van der Waals surface area contributed by atoms with Crippen LogP contribution in [0.4, 0.5) is 0 Å². The van der Waals surface area contributed by atoms with Crippen LogP contribution < -0.4 is 5.73 Å². The molecule has 106 valence electrons. The van der Waals surface area contributed by atoms with Gasteiger partial charge in [0.2, 0.25) is 0 Å². The summed E-state index contributed by atoms with van der Waals surface area (Å²) in [6, 6.07) is 6.10. The van der Waals surface area contributed by atoms with Crippen molar-refractivity contribution in [2.75, 3.05) is 25.1 Å². The summed E-state index contributed by atoms with van der Waals surface area (Å²) in [5.74, 6) is 2.35. The zero-order valence-corrected chi connectivity index (χ0v) is 13.0. The van der Waals surface area contributed by atoms with E-state index in [9.17, 15) is 0 Å². The van der Waals surface area contributed by atoms with E-state index in [1.54, 1.807) is 0 Å². The van der Waals surface area contributed by atoms with Crippen LogP contribution in [-0.4, -0.2) is 40.5 Å². The summed E-state index contributed by atoms with van der Waals surface area (Å²) in [5, 5.41) is 0. The highest BCUT2D eigenvalue weighted by Crippen LogP contribution is 2.45. The van der Waals surface area contributed by atoms with Crippen LogP contribution in [-0.2, 0) is 6.54 Å². The van der Waals surface area contributed by atoms with E-state index in [1.165, 1.54) is 12.2 Å². The lowest BCUT2D eigenvalue weighted by Gasteiger charge is -2.54. The summed E-state index contributed by atoms with van der Waals surface area (Å²) in [7, 11) is 2.19. The third-order valence-electron chi connectivity index (χ3n) is 4.67. The molecule has 1 aliphatic heterocycles. The predicted molar refractivity (Wildman–Crippen MR) is 83.2 cm³/mol. The summed E-state index contributed by atoms with van der Waals surface area (Å²) in [4.78, 5) is 6.86. The smallest absolute Gasteiger partial charge is 0.0544 e. The molecule has 0 aromatic carbocycles. The Bertz CT molecular complexity index is 407. The lowest BCUT2D eigenvalue weighted by Crippen LogP contribution is -2.64. The monoisotopic (exact) mass is 279 g/mol. The molecule has 1 fully saturated rings. The number of rotatable bonds is 4. The maximum absolute atomic E-state index is 6.19. The highest BCUT2D eigenvalue weighted by molar-refractivity contribution is 7.99. The number of likely N-dealkylation sites (N-methyl/N-ethyl adjacent to an activating group) is 1. The van der Waals surface area contributed by atoms with Crippen molar-refractivity contribution in [2.24, 2.45) is 11.1 Å². The molecule has 0 amide bonds. The van der Waals surface area contributed by atoms with Gasteiger partial charge in [0.05, 0.1) is 5.69 Å². The van der Waals surface area contributed by atoms with E-state index in [0.29, 0.717) is 6.54 Å². The van der Waals surface area contributed by atoms with Crippen LogP contribution in [0, 0.1) is 5.41 Å². The quantitative estimate of drug-likeness (QED) is 0.919. The molecule has 0 radical (unpaired) electrons. The average molecular weight is 279 g/mol. The number of nitrogens with two attached hydrogens (primary N) is 1. The molecule has 1 unspecified atom stereocenters. The normalized spacial score (nSPS) is 26.6. The third kappa shape index (κ3) is 2.81.